The molecule has 0 bridgehead atoms. The first-order valence-corrected chi connectivity index (χ1v) is 8.26. The van der Waals surface area contributed by atoms with E-state index in [1.54, 1.807) is 52.3 Å². The van der Waals surface area contributed by atoms with Crippen molar-refractivity contribution < 1.29 is 19.1 Å². The predicted octanol–water partition coefficient (Wildman–Crippen LogP) is 2.63. The van der Waals surface area contributed by atoms with Gasteiger partial charge in [-0.15, -0.1) is 12.4 Å². The molecule has 1 fully saturated rings. The molecule has 0 radical (unpaired) electrons. The Bertz CT molecular complexity index is 901. The van der Waals surface area contributed by atoms with E-state index in [-0.39, 0.29) is 24.3 Å². The molecule has 0 atom stereocenters. The normalized spacial score (nSPS) is 13.1. The van der Waals surface area contributed by atoms with Gasteiger partial charge in [-0.1, -0.05) is 0 Å². The minimum atomic E-state index is -0.472. The van der Waals surface area contributed by atoms with E-state index < -0.39 is 5.97 Å². The van der Waals surface area contributed by atoms with Gasteiger partial charge in [0.1, 0.15) is 11.6 Å². The number of nitrogens with zero attached hydrogens (tertiary/aromatic N) is 2. The van der Waals surface area contributed by atoms with Crippen LogP contribution in [0.5, 0.6) is 5.75 Å². The lowest BCUT2D eigenvalue weighted by atomic mass is 10.1. The molecule has 8 nitrogen and oxygen atoms in total. The molecule has 1 aliphatic rings. The van der Waals surface area contributed by atoms with E-state index in [1.807, 2.05) is 0 Å². The van der Waals surface area contributed by atoms with Crippen LogP contribution in [0.3, 0.4) is 0 Å². The van der Waals surface area contributed by atoms with Crippen LogP contribution in [0, 0.1) is 5.41 Å². The van der Waals surface area contributed by atoms with Crippen LogP contribution < -0.4 is 20.3 Å². The Morgan fingerprint density at radius 1 is 1.04 bits per heavy atom. The van der Waals surface area contributed by atoms with Gasteiger partial charge < -0.3 is 15.2 Å². The minimum absolute atomic E-state index is 0. The van der Waals surface area contributed by atoms with Crippen LogP contribution in [0.2, 0.25) is 0 Å². The number of benzene rings is 2. The summed E-state index contributed by atoms with van der Waals surface area (Å²) in [6, 6.07) is 11.6. The average Bonchev–Trinajstić information content (AvgIpc) is 3.08. The molecular weight excluding hydrogens is 384 g/mol. The number of amidine groups is 1. The van der Waals surface area contributed by atoms with Gasteiger partial charge in [0.05, 0.1) is 25.5 Å². The smallest absolute Gasteiger partial charge is 0.337 e. The maximum atomic E-state index is 12.9. The van der Waals surface area contributed by atoms with E-state index in [9.17, 15) is 9.59 Å². The average molecular weight is 405 g/mol. The Labute approximate surface area is 168 Å². The molecule has 2 aromatic carbocycles. The van der Waals surface area contributed by atoms with E-state index in [1.165, 1.54) is 14.2 Å². The number of methoxy groups -OCH3 is 2. The molecule has 9 heteroatoms. The second-order valence-electron chi connectivity index (χ2n) is 5.92. The molecule has 0 aliphatic carbocycles. The number of nitrogens with two attached hydrogens (primary N) is 1. The van der Waals surface area contributed by atoms with Crippen molar-refractivity contribution in [3.8, 4) is 5.75 Å². The first-order valence-electron chi connectivity index (χ1n) is 8.26. The third-order valence-corrected chi connectivity index (χ3v) is 4.39. The number of amides is 2. The van der Waals surface area contributed by atoms with E-state index in [0.29, 0.717) is 35.7 Å². The van der Waals surface area contributed by atoms with E-state index in [0.717, 1.165) is 5.69 Å². The van der Waals surface area contributed by atoms with Crippen LogP contribution in [0.1, 0.15) is 15.9 Å². The topological polar surface area (TPSA) is 109 Å². The summed E-state index contributed by atoms with van der Waals surface area (Å²) in [5.74, 6) is -0.0776. The summed E-state index contributed by atoms with van der Waals surface area (Å²) in [6.07, 6.45) is 0. The highest BCUT2D eigenvalue weighted by atomic mass is 35.5. The maximum Gasteiger partial charge on any atom is 0.337 e. The van der Waals surface area contributed by atoms with Crippen molar-refractivity contribution in [1.82, 2.24) is 0 Å². The molecule has 3 N–H and O–H groups in total. The Balaban J connectivity index is 0.00000280. The first-order chi connectivity index (χ1) is 13.0. The molecule has 3 rings (SSSR count). The number of hydrogen-bond acceptors (Lipinski definition) is 5. The summed E-state index contributed by atoms with van der Waals surface area (Å²) in [5, 5.41) is 7.45. The number of ether oxygens (including phenoxy) is 2. The van der Waals surface area contributed by atoms with Gasteiger partial charge in [-0.25, -0.2) is 9.59 Å². The van der Waals surface area contributed by atoms with Crippen molar-refractivity contribution in [3.05, 3.63) is 53.6 Å². The first kappa shape index (κ1) is 21.0. The van der Waals surface area contributed by atoms with Crippen molar-refractivity contribution in [3.63, 3.8) is 0 Å². The minimum Gasteiger partial charge on any atom is -0.495 e. The molecule has 148 valence electrons. The molecule has 0 aromatic heterocycles. The van der Waals surface area contributed by atoms with Crippen LogP contribution in [-0.2, 0) is 4.74 Å². The van der Waals surface area contributed by atoms with Gasteiger partial charge >= 0.3 is 12.0 Å². The number of carbonyl (C=O) groups is 2. The van der Waals surface area contributed by atoms with Crippen LogP contribution in [0.15, 0.2) is 42.5 Å². The van der Waals surface area contributed by atoms with Crippen molar-refractivity contribution >= 4 is 41.6 Å². The number of nitrogen functional groups attached to an aromatic ring is 1. The second-order valence-corrected chi connectivity index (χ2v) is 5.92. The Morgan fingerprint density at radius 3 is 2.21 bits per heavy atom. The fourth-order valence-electron chi connectivity index (χ4n) is 2.97. The van der Waals surface area contributed by atoms with E-state index in [4.69, 9.17) is 20.6 Å². The molecule has 28 heavy (non-hydrogen) atoms. The zero-order valence-corrected chi connectivity index (χ0v) is 16.3. The summed E-state index contributed by atoms with van der Waals surface area (Å²) in [5.41, 5.74) is 7.72. The van der Waals surface area contributed by atoms with E-state index >= 15 is 0 Å². The number of nitrogens with one attached hydrogen (secondary N) is 1. The van der Waals surface area contributed by atoms with Gasteiger partial charge in [-0.2, -0.15) is 0 Å². The lowest BCUT2D eigenvalue weighted by molar-refractivity contribution is 0.0600. The maximum absolute atomic E-state index is 12.9. The van der Waals surface area contributed by atoms with Gasteiger partial charge in [0.25, 0.3) is 0 Å². The van der Waals surface area contributed by atoms with Crippen molar-refractivity contribution in [1.29, 1.82) is 5.41 Å². The van der Waals surface area contributed by atoms with Gasteiger partial charge in [0, 0.05) is 24.3 Å². The molecule has 0 unspecified atom stereocenters. The highest BCUT2D eigenvalue weighted by Crippen LogP contribution is 2.33. The van der Waals surface area contributed by atoms with E-state index in [2.05, 4.69) is 0 Å². The van der Waals surface area contributed by atoms with Crippen LogP contribution in [0.4, 0.5) is 16.2 Å². The standard InChI is InChI=1S/C19H20N4O4.ClH/c1-26-16-11-13(18(24)27-2)5-8-15(16)23-10-9-22(19(23)25)14-6-3-12(4-7-14)17(20)21;/h3-8,11H,9-10H2,1-2H3,(H3,20,21);1H. The summed E-state index contributed by atoms with van der Waals surface area (Å²) >= 11 is 0. The second kappa shape index (κ2) is 8.62. The fourth-order valence-corrected chi connectivity index (χ4v) is 2.97. The van der Waals surface area contributed by atoms with Crippen LogP contribution >= 0.6 is 12.4 Å². The molecule has 1 aliphatic heterocycles. The third-order valence-electron chi connectivity index (χ3n) is 4.39. The molecule has 0 spiro atoms. The number of hydrogen-bond donors (Lipinski definition) is 2. The Hall–Kier alpha value is -3.26. The van der Waals surface area contributed by atoms with Crippen LogP contribution in [-0.4, -0.2) is 45.1 Å². The predicted molar refractivity (Wildman–Crippen MR) is 109 cm³/mol. The quantitative estimate of drug-likeness (QED) is 0.452. The zero-order valence-electron chi connectivity index (χ0n) is 15.5. The molecule has 2 amide bonds. The van der Waals surface area contributed by atoms with Gasteiger partial charge in [0.15, 0.2) is 0 Å². The summed E-state index contributed by atoms with van der Waals surface area (Å²) in [6.45, 7) is 0.974. The molecule has 2 aromatic rings. The lowest BCUT2D eigenvalue weighted by Crippen LogP contribution is -2.32. The van der Waals surface area contributed by atoms with Crippen LogP contribution in [0.25, 0.3) is 0 Å². The molecule has 0 saturated carbocycles. The number of esters is 1. The lowest BCUT2D eigenvalue weighted by Gasteiger charge is -2.21. The summed E-state index contributed by atoms with van der Waals surface area (Å²) < 4.78 is 10.1. The zero-order chi connectivity index (χ0) is 19.6. The van der Waals surface area contributed by atoms with Gasteiger partial charge in [-0.05, 0) is 42.5 Å². The molecular formula is C19H21ClN4O4. The van der Waals surface area contributed by atoms with Gasteiger partial charge in [0.2, 0.25) is 0 Å². The monoisotopic (exact) mass is 404 g/mol. The SMILES string of the molecule is COC(=O)c1ccc(N2CCN(c3ccc(C(=N)N)cc3)C2=O)c(OC)c1.Cl. The molecule has 1 heterocycles. The largest absolute Gasteiger partial charge is 0.495 e. The highest BCUT2D eigenvalue weighted by Gasteiger charge is 2.32. The Morgan fingerprint density at radius 2 is 1.64 bits per heavy atom. The number of halogens is 1. The number of urea groups is 1. The number of anilines is 2. The Kier molecular flexibility index (Phi) is 6.48. The third kappa shape index (κ3) is 3.86. The van der Waals surface area contributed by atoms with Gasteiger partial charge in [-0.3, -0.25) is 15.2 Å². The number of rotatable bonds is 5. The summed E-state index contributed by atoms with van der Waals surface area (Å²) in [4.78, 5) is 27.8. The highest BCUT2D eigenvalue weighted by molar-refractivity contribution is 6.07. The van der Waals surface area contributed by atoms with Crippen molar-refractivity contribution in [2.45, 2.75) is 0 Å². The summed E-state index contributed by atoms with van der Waals surface area (Å²) in [7, 11) is 2.79. The molecule has 1 saturated heterocycles. The van der Waals surface area contributed by atoms with Crippen molar-refractivity contribution in [2.75, 3.05) is 37.1 Å². The number of carbonyl (C=O) groups excluding carboxylic acids is 2. The fraction of sp³-hybridized carbons (Fsp3) is 0.211. The van der Waals surface area contributed by atoms with Crippen molar-refractivity contribution in [2.24, 2.45) is 5.73 Å².